The van der Waals surface area contributed by atoms with E-state index >= 15 is 0 Å². The lowest BCUT2D eigenvalue weighted by atomic mass is 9.75. The molecule has 0 amide bonds. The van der Waals surface area contributed by atoms with Gasteiger partial charge in [-0.05, 0) is 40.0 Å². The van der Waals surface area contributed by atoms with Gasteiger partial charge in [0.15, 0.2) is 0 Å². The molecule has 0 atom stereocenters. The van der Waals surface area contributed by atoms with Gasteiger partial charge in [0.25, 0.3) is 0 Å². The maximum Gasteiger partial charge on any atom is 0.104 e. The summed E-state index contributed by atoms with van der Waals surface area (Å²) < 4.78 is 0. The molecule has 0 heterocycles. The molecule has 0 N–H and O–H groups in total. The van der Waals surface area contributed by atoms with Crippen molar-refractivity contribution in [2.24, 2.45) is 0 Å². The molecule has 0 saturated carbocycles. The van der Waals surface area contributed by atoms with Gasteiger partial charge in [-0.3, -0.25) is 0 Å². The summed E-state index contributed by atoms with van der Waals surface area (Å²) in [5.74, 6) is 0. The van der Waals surface area contributed by atoms with Gasteiger partial charge < -0.3 is 0 Å². The maximum absolute atomic E-state index is 9.90. The molecule has 0 unspecified atom stereocenters. The normalized spacial score (nSPS) is 12.8. The standard InChI is InChI=1S/C23H29N/c1-21(2,3)17-8-12-19(13-9-17)23(7,16-24)20-14-10-18(11-15-20)22(4,5)6/h8-15H,1-7H3. The molecule has 0 fully saturated rings. The van der Waals surface area contributed by atoms with E-state index in [9.17, 15) is 5.26 Å². The van der Waals surface area contributed by atoms with Crippen LogP contribution in [-0.2, 0) is 16.2 Å². The van der Waals surface area contributed by atoms with Crippen molar-refractivity contribution in [3.63, 3.8) is 0 Å². The van der Waals surface area contributed by atoms with E-state index < -0.39 is 5.41 Å². The molecule has 2 rings (SSSR count). The number of nitriles is 1. The van der Waals surface area contributed by atoms with E-state index in [1.165, 1.54) is 11.1 Å². The van der Waals surface area contributed by atoms with Gasteiger partial charge in [-0.25, -0.2) is 0 Å². The molecule has 0 spiro atoms. The third-order valence-corrected chi connectivity index (χ3v) is 4.88. The van der Waals surface area contributed by atoms with Crippen molar-refractivity contribution in [3.8, 4) is 6.07 Å². The van der Waals surface area contributed by atoms with E-state index in [1.807, 2.05) is 6.92 Å². The molecule has 126 valence electrons. The van der Waals surface area contributed by atoms with Gasteiger partial charge in [0.05, 0.1) is 6.07 Å². The molecule has 0 aromatic heterocycles. The highest BCUT2D eigenvalue weighted by Gasteiger charge is 2.29. The van der Waals surface area contributed by atoms with Crippen molar-refractivity contribution in [2.45, 2.75) is 64.7 Å². The fourth-order valence-electron chi connectivity index (χ4n) is 2.90. The maximum atomic E-state index is 9.90. The Balaban J connectivity index is 2.43. The fraction of sp³-hybridized carbons (Fsp3) is 0.435. The molecule has 0 aliphatic heterocycles. The van der Waals surface area contributed by atoms with Crippen LogP contribution in [0.2, 0.25) is 0 Å². The predicted octanol–water partition coefficient (Wildman–Crippen LogP) is 6.11. The zero-order valence-electron chi connectivity index (χ0n) is 16.1. The van der Waals surface area contributed by atoms with E-state index in [2.05, 4.69) is 96.1 Å². The lowest BCUT2D eigenvalue weighted by molar-refractivity contribution is 0.588. The molecule has 0 saturated heterocycles. The van der Waals surface area contributed by atoms with E-state index in [4.69, 9.17) is 0 Å². The first kappa shape index (κ1) is 18.3. The second kappa shape index (κ2) is 6.10. The van der Waals surface area contributed by atoms with Gasteiger partial charge in [0, 0.05) is 0 Å². The molecular weight excluding hydrogens is 290 g/mol. The molecule has 2 aromatic rings. The summed E-state index contributed by atoms with van der Waals surface area (Å²) in [7, 11) is 0. The van der Waals surface area contributed by atoms with Crippen LogP contribution >= 0.6 is 0 Å². The Morgan fingerprint density at radius 3 is 1.00 bits per heavy atom. The Kier molecular flexibility index (Phi) is 4.64. The van der Waals surface area contributed by atoms with E-state index in [0.717, 1.165) is 11.1 Å². The van der Waals surface area contributed by atoms with Gasteiger partial charge in [0.2, 0.25) is 0 Å². The van der Waals surface area contributed by atoms with Gasteiger partial charge in [0.1, 0.15) is 5.41 Å². The van der Waals surface area contributed by atoms with Gasteiger partial charge >= 0.3 is 0 Å². The van der Waals surface area contributed by atoms with E-state index in [0.29, 0.717) is 0 Å². The smallest absolute Gasteiger partial charge is 0.104 e. The quantitative estimate of drug-likeness (QED) is 0.655. The predicted molar refractivity (Wildman–Crippen MR) is 102 cm³/mol. The van der Waals surface area contributed by atoms with Crippen LogP contribution in [0, 0.1) is 11.3 Å². The average Bonchev–Trinajstić information content (AvgIpc) is 2.53. The van der Waals surface area contributed by atoms with Crippen molar-refractivity contribution < 1.29 is 0 Å². The van der Waals surface area contributed by atoms with Crippen LogP contribution in [0.3, 0.4) is 0 Å². The van der Waals surface area contributed by atoms with Crippen LogP contribution in [0.15, 0.2) is 48.5 Å². The van der Waals surface area contributed by atoms with Crippen LogP contribution < -0.4 is 0 Å². The number of nitrogens with zero attached hydrogens (tertiary/aromatic N) is 1. The SMILES string of the molecule is CC(C)(C)c1ccc(C(C)(C#N)c2ccc(C(C)(C)C)cc2)cc1. The highest BCUT2D eigenvalue weighted by atomic mass is 14.4. The van der Waals surface area contributed by atoms with Crippen molar-refractivity contribution in [1.29, 1.82) is 5.26 Å². The summed E-state index contributed by atoms with van der Waals surface area (Å²) in [5.41, 5.74) is 4.27. The monoisotopic (exact) mass is 319 g/mol. The Hall–Kier alpha value is -2.07. The molecule has 24 heavy (non-hydrogen) atoms. The van der Waals surface area contributed by atoms with Crippen molar-refractivity contribution in [1.82, 2.24) is 0 Å². The lowest BCUT2D eigenvalue weighted by Crippen LogP contribution is -2.22. The topological polar surface area (TPSA) is 23.8 Å². The van der Waals surface area contributed by atoms with E-state index in [1.54, 1.807) is 0 Å². The van der Waals surface area contributed by atoms with Gasteiger partial charge in [-0.1, -0.05) is 90.1 Å². The first-order chi connectivity index (χ1) is 11.0. The van der Waals surface area contributed by atoms with Crippen LogP contribution in [0.4, 0.5) is 0 Å². The molecule has 0 radical (unpaired) electrons. The number of rotatable bonds is 2. The Labute approximate surface area is 147 Å². The minimum atomic E-state index is -0.632. The molecular formula is C23H29N. The van der Waals surface area contributed by atoms with Crippen LogP contribution in [0.5, 0.6) is 0 Å². The summed E-state index contributed by atoms with van der Waals surface area (Å²) in [6.45, 7) is 15.2. The minimum absolute atomic E-state index is 0.121. The van der Waals surface area contributed by atoms with Crippen LogP contribution in [-0.4, -0.2) is 0 Å². The highest BCUT2D eigenvalue weighted by molar-refractivity contribution is 5.47. The van der Waals surface area contributed by atoms with E-state index in [-0.39, 0.29) is 10.8 Å². The van der Waals surface area contributed by atoms with Crippen LogP contribution in [0.25, 0.3) is 0 Å². The van der Waals surface area contributed by atoms with Gasteiger partial charge in [-0.2, -0.15) is 5.26 Å². The molecule has 2 aromatic carbocycles. The average molecular weight is 319 g/mol. The third kappa shape index (κ3) is 3.54. The molecule has 1 heteroatoms. The number of hydrogen-bond acceptors (Lipinski definition) is 1. The van der Waals surface area contributed by atoms with Crippen LogP contribution in [0.1, 0.15) is 70.7 Å². The van der Waals surface area contributed by atoms with Crippen molar-refractivity contribution in [2.75, 3.05) is 0 Å². The van der Waals surface area contributed by atoms with Crippen molar-refractivity contribution >= 4 is 0 Å². The summed E-state index contributed by atoms with van der Waals surface area (Å²) >= 11 is 0. The molecule has 0 aliphatic rings. The fourth-order valence-corrected chi connectivity index (χ4v) is 2.90. The summed E-state index contributed by atoms with van der Waals surface area (Å²) in [4.78, 5) is 0. The Morgan fingerprint density at radius 2 is 0.792 bits per heavy atom. The second-order valence-corrected chi connectivity index (χ2v) is 8.89. The summed E-state index contributed by atoms with van der Waals surface area (Å²) in [6.07, 6.45) is 0. The third-order valence-electron chi connectivity index (χ3n) is 4.88. The number of hydrogen-bond donors (Lipinski definition) is 0. The zero-order chi connectivity index (χ0) is 18.2. The highest BCUT2D eigenvalue weighted by Crippen LogP contribution is 2.34. The lowest BCUT2D eigenvalue weighted by Gasteiger charge is -2.26. The second-order valence-electron chi connectivity index (χ2n) is 8.89. The largest absolute Gasteiger partial charge is 0.197 e. The Bertz CT molecular complexity index is 672. The molecule has 1 nitrogen and oxygen atoms in total. The minimum Gasteiger partial charge on any atom is -0.197 e. The Morgan fingerprint density at radius 1 is 0.542 bits per heavy atom. The summed E-state index contributed by atoms with van der Waals surface area (Å²) in [6, 6.07) is 19.5. The first-order valence-electron chi connectivity index (χ1n) is 8.62. The summed E-state index contributed by atoms with van der Waals surface area (Å²) in [5, 5.41) is 9.90. The molecule has 0 bridgehead atoms. The van der Waals surface area contributed by atoms with Crippen molar-refractivity contribution in [3.05, 3.63) is 70.8 Å². The first-order valence-corrected chi connectivity index (χ1v) is 8.62. The molecule has 0 aliphatic carbocycles. The number of benzene rings is 2. The zero-order valence-corrected chi connectivity index (χ0v) is 16.1. The van der Waals surface area contributed by atoms with Gasteiger partial charge in [-0.15, -0.1) is 0 Å².